The molecule has 1 aliphatic carbocycles. The monoisotopic (exact) mass is 270 g/mol. The molecular weight excluding hydrogens is 248 g/mol. The maximum absolute atomic E-state index is 10.7. The summed E-state index contributed by atoms with van der Waals surface area (Å²) in [4.78, 5) is 10.7. The minimum atomic E-state index is 0.0662. The first kappa shape index (κ1) is 14.4. The second-order valence-electron chi connectivity index (χ2n) is 5.80. The Morgan fingerprint density at radius 2 is 2.10 bits per heavy atom. The van der Waals surface area contributed by atoms with E-state index in [1.165, 1.54) is 5.56 Å². The number of rotatable bonds is 6. The van der Waals surface area contributed by atoms with E-state index >= 15 is 0 Å². The minimum Gasteiger partial charge on any atom is -0.385 e. The van der Waals surface area contributed by atoms with Crippen LogP contribution in [-0.2, 0) is 10.2 Å². The quantitative estimate of drug-likeness (QED) is 0.615. The molecule has 106 valence electrons. The van der Waals surface area contributed by atoms with Crippen LogP contribution in [0.1, 0.15) is 32.8 Å². The number of anilines is 1. The van der Waals surface area contributed by atoms with Crippen LogP contribution in [0.2, 0.25) is 0 Å². The average molecular weight is 270 g/mol. The second kappa shape index (κ2) is 5.53. The average Bonchev–Trinajstić information content (AvgIpc) is 3.00. The van der Waals surface area contributed by atoms with Gasteiger partial charge >= 0.3 is 0 Å². The number of allylic oxidation sites excluding steroid dienone is 3. The molecule has 20 heavy (non-hydrogen) atoms. The molecular formula is C17H22N2O. The van der Waals surface area contributed by atoms with Gasteiger partial charge in [-0.2, -0.15) is 0 Å². The molecule has 0 radical (unpaired) electrons. The van der Waals surface area contributed by atoms with Gasteiger partial charge in [-0.3, -0.25) is 4.79 Å². The van der Waals surface area contributed by atoms with Gasteiger partial charge in [0.15, 0.2) is 0 Å². The number of para-hydroxylation sites is 1. The maximum Gasteiger partial charge on any atom is 0.211 e. The van der Waals surface area contributed by atoms with Gasteiger partial charge in [-0.1, -0.05) is 37.3 Å². The van der Waals surface area contributed by atoms with Gasteiger partial charge in [-0.05, 0) is 38.0 Å². The van der Waals surface area contributed by atoms with E-state index in [1.807, 2.05) is 31.2 Å². The largest absolute Gasteiger partial charge is 0.385 e. The van der Waals surface area contributed by atoms with E-state index in [1.54, 1.807) is 0 Å². The highest BCUT2D eigenvalue weighted by Crippen LogP contribution is 2.50. The molecule has 0 aliphatic heterocycles. The van der Waals surface area contributed by atoms with E-state index in [9.17, 15) is 4.79 Å². The first-order chi connectivity index (χ1) is 9.47. The third-order valence-electron chi connectivity index (χ3n) is 3.86. The Labute approximate surface area is 120 Å². The lowest BCUT2D eigenvalue weighted by Gasteiger charge is -2.17. The fourth-order valence-corrected chi connectivity index (χ4v) is 2.73. The molecule has 1 aromatic carbocycles. The molecule has 0 heterocycles. The smallest absolute Gasteiger partial charge is 0.211 e. The fraction of sp³-hybridized carbons (Fsp3) is 0.353. The first-order valence-corrected chi connectivity index (χ1v) is 6.87. The van der Waals surface area contributed by atoms with Crippen molar-refractivity contribution in [1.29, 1.82) is 0 Å². The number of benzene rings is 1. The third kappa shape index (κ3) is 2.93. The molecule has 1 aromatic rings. The summed E-state index contributed by atoms with van der Waals surface area (Å²) in [7, 11) is 0. The van der Waals surface area contributed by atoms with Gasteiger partial charge < -0.3 is 10.6 Å². The first-order valence-electron chi connectivity index (χ1n) is 6.87. The molecule has 2 unspecified atom stereocenters. The molecule has 0 spiro atoms. The molecule has 2 atom stereocenters. The van der Waals surface area contributed by atoms with Crippen LogP contribution in [-0.4, -0.2) is 12.5 Å². The van der Waals surface area contributed by atoms with E-state index < -0.39 is 0 Å². The van der Waals surface area contributed by atoms with Gasteiger partial charge in [-0.15, -0.1) is 0 Å². The van der Waals surface area contributed by atoms with Gasteiger partial charge in [0.2, 0.25) is 6.41 Å². The van der Waals surface area contributed by atoms with Crippen LogP contribution in [0, 0.1) is 0 Å². The van der Waals surface area contributed by atoms with E-state index in [0.717, 1.165) is 29.8 Å². The van der Waals surface area contributed by atoms with Gasteiger partial charge in [0.05, 0.1) is 0 Å². The summed E-state index contributed by atoms with van der Waals surface area (Å²) >= 11 is 0. The number of hydrogen-bond acceptors (Lipinski definition) is 2. The van der Waals surface area contributed by atoms with Crippen molar-refractivity contribution in [2.75, 3.05) is 5.32 Å². The summed E-state index contributed by atoms with van der Waals surface area (Å²) in [5, 5.41) is 6.32. The molecule has 0 bridgehead atoms. The topological polar surface area (TPSA) is 41.1 Å². The Balaban J connectivity index is 2.15. The molecule has 0 aromatic heterocycles. The molecule has 1 fully saturated rings. The van der Waals surface area contributed by atoms with Crippen LogP contribution in [0.4, 0.5) is 5.69 Å². The lowest BCUT2D eigenvalue weighted by atomic mass is 9.95. The minimum absolute atomic E-state index is 0.0662. The molecule has 2 N–H and O–H groups in total. The zero-order valence-corrected chi connectivity index (χ0v) is 12.4. The molecule has 1 amide bonds. The van der Waals surface area contributed by atoms with Crippen molar-refractivity contribution in [2.45, 2.75) is 38.6 Å². The highest BCUT2D eigenvalue weighted by atomic mass is 16.1. The molecule has 1 aliphatic rings. The summed E-state index contributed by atoms with van der Waals surface area (Å²) < 4.78 is 0. The number of carbonyl (C=O) groups excluding carboxylic acids is 1. The normalized spacial score (nSPS) is 24.9. The van der Waals surface area contributed by atoms with E-state index in [2.05, 4.69) is 37.1 Å². The number of amides is 1. The van der Waals surface area contributed by atoms with E-state index in [-0.39, 0.29) is 5.41 Å². The second-order valence-corrected chi connectivity index (χ2v) is 5.80. The highest BCUT2D eigenvalue weighted by Gasteiger charge is 2.52. The Kier molecular flexibility index (Phi) is 3.98. The van der Waals surface area contributed by atoms with Crippen molar-refractivity contribution < 1.29 is 4.79 Å². The molecule has 3 nitrogen and oxygen atoms in total. The Bertz CT molecular complexity index is 562. The number of hydrogen-bond donors (Lipinski definition) is 2. The van der Waals surface area contributed by atoms with Crippen LogP contribution in [0.15, 0.2) is 48.2 Å². The third-order valence-corrected chi connectivity index (χ3v) is 3.86. The lowest BCUT2D eigenvalue weighted by molar-refractivity contribution is -0.105. The van der Waals surface area contributed by atoms with Crippen LogP contribution < -0.4 is 10.6 Å². The van der Waals surface area contributed by atoms with Gasteiger partial charge in [0, 0.05) is 22.8 Å². The summed E-state index contributed by atoms with van der Waals surface area (Å²) in [5.41, 5.74) is 4.33. The zero-order valence-electron chi connectivity index (χ0n) is 12.4. The summed E-state index contributed by atoms with van der Waals surface area (Å²) in [6.45, 7) is 10.2. The highest BCUT2D eigenvalue weighted by molar-refractivity contribution is 5.75. The van der Waals surface area contributed by atoms with Gasteiger partial charge in [0.25, 0.3) is 0 Å². The molecule has 2 rings (SSSR count). The summed E-state index contributed by atoms with van der Waals surface area (Å²) in [5.74, 6) is 0. The predicted molar refractivity (Wildman–Crippen MR) is 83.6 cm³/mol. The van der Waals surface area contributed by atoms with Crippen molar-refractivity contribution in [3.05, 3.63) is 53.8 Å². The van der Waals surface area contributed by atoms with E-state index in [4.69, 9.17) is 0 Å². The summed E-state index contributed by atoms with van der Waals surface area (Å²) in [6, 6.07) is 8.39. The van der Waals surface area contributed by atoms with Crippen molar-refractivity contribution in [1.82, 2.24) is 5.32 Å². The standard InChI is InChI=1S/C17H22N2O/c1-12(2)9-13(3)19-16-10-17(16,4)14-7-5-6-8-15(14)18-11-20/h5-9,11,16,19H,1,10H2,2-4H3,(H,18,20)/b13-9-. The summed E-state index contributed by atoms with van der Waals surface area (Å²) in [6.07, 6.45) is 3.85. The Morgan fingerprint density at radius 1 is 1.40 bits per heavy atom. The maximum atomic E-state index is 10.7. The Morgan fingerprint density at radius 3 is 2.75 bits per heavy atom. The predicted octanol–water partition coefficient (Wildman–Crippen LogP) is 3.35. The van der Waals surface area contributed by atoms with Crippen molar-refractivity contribution in [3.8, 4) is 0 Å². The van der Waals surface area contributed by atoms with Gasteiger partial charge in [-0.25, -0.2) is 0 Å². The molecule has 0 saturated heterocycles. The number of carbonyl (C=O) groups is 1. The zero-order chi connectivity index (χ0) is 14.8. The van der Waals surface area contributed by atoms with Gasteiger partial charge in [0.1, 0.15) is 0 Å². The molecule has 3 heteroatoms. The fourth-order valence-electron chi connectivity index (χ4n) is 2.73. The molecule has 1 saturated carbocycles. The van der Waals surface area contributed by atoms with Crippen LogP contribution in [0.3, 0.4) is 0 Å². The van der Waals surface area contributed by atoms with Crippen LogP contribution in [0.5, 0.6) is 0 Å². The Hall–Kier alpha value is -2.03. The van der Waals surface area contributed by atoms with E-state index in [0.29, 0.717) is 6.04 Å². The van der Waals surface area contributed by atoms with Crippen molar-refractivity contribution in [3.63, 3.8) is 0 Å². The van der Waals surface area contributed by atoms with Crippen LogP contribution >= 0.6 is 0 Å². The van der Waals surface area contributed by atoms with Crippen molar-refractivity contribution in [2.24, 2.45) is 0 Å². The van der Waals surface area contributed by atoms with Crippen molar-refractivity contribution >= 4 is 12.1 Å². The lowest BCUT2D eigenvalue weighted by Crippen LogP contribution is -2.23. The number of nitrogens with one attached hydrogen (secondary N) is 2. The SMILES string of the molecule is C=C(C)/C=C(/C)NC1CC1(C)c1ccccc1NC=O. The van der Waals surface area contributed by atoms with Crippen LogP contribution in [0.25, 0.3) is 0 Å².